The summed E-state index contributed by atoms with van der Waals surface area (Å²) in [5, 5.41) is 1.27. The predicted octanol–water partition coefficient (Wildman–Crippen LogP) is 4.90. The molecule has 0 unspecified atom stereocenters. The van der Waals surface area contributed by atoms with Crippen LogP contribution in [-0.4, -0.2) is 7.11 Å². The van der Waals surface area contributed by atoms with Gasteiger partial charge in [-0.2, -0.15) is 0 Å². The molecule has 0 amide bonds. The number of ether oxygens (including phenoxy) is 2. The van der Waals surface area contributed by atoms with Crippen LogP contribution in [0.2, 0.25) is 10.0 Å². The fraction of sp³-hybridized carbons (Fsp3) is 0.0625. The second kappa shape index (κ2) is 5.91. The third-order valence-corrected chi connectivity index (χ3v) is 3.64. The number of hydrogen-bond donors (Lipinski definition) is 0. The number of benzene rings is 2. The molecule has 0 atom stereocenters. The fourth-order valence-electron chi connectivity index (χ4n) is 2.07. The van der Waals surface area contributed by atoms with Crippen molar-refractivity contribution in [2.45, 2.75) is 0 Å². The summed E-state index contributed by atoms with van der Waals surface area (Å²) in [4.78, 5) is 11.8. The number of methoxy groups -OCH3 is 1. The van der Waals surface area contributed by atoms with E-state index in [4.69, 9.17) is 37.1 Å². The first-order chi connectivity index (χ1) is 10.6. The molecule has 0 aliphatic rings. The van der Waals surface area contributed by atoms with Crippen LogP contribution in [0.5, 0.6) is 17.2 Å². The van der Waals surface area contributed by atoms with Crippen molar-refractivity contribution in [3.8, 4) is 17.2 Å². The summed E-state index contributed by atoms with van der Waals surface area (Å²) in [6.07, 6.45) is 0. The Morgan fingerprint density at radius 3 is 2.36 bits per heavy atom. The molecule has 1 aromatic heterocycles. The number of para-hydroxylation sites is 2. The monoisotopic (exact) mass is 336 g/mol. The zero-order valence-corrected chi connectivity index (χ0v) is 12.9. The average Bonchev–Trinajstić information content (AvgIpc) is 2.50. The number of rotatable bonds is 3. The van der Waals surface area contributed by atoms with Gasteiger partial charge in [0.25, 0.3) is 0 Å². The number of hydrogen-bond acceptors (Lipinski definition) is 4. The highest BCUT2D eigenvalue weighted by Crippen LogP contribution is 2.39. The van der Waals surface area contributed by atoms with Gasteiger partial charge in [-0.3, -0.25) is 0 Å². The van der Waals surface area contributed by atoms with Gasteiger partial charge in [0.2, 0.25) is 0 Å². The van der Waals surface area contributed by atoms with Gasteiger partial charge in [-0.1, -0.05) is 35.3 Å². The van der Waals surface area contributed by atoms with E-state index in [9.17, 15) is 4.79 Å². The highest BCUT2D eigenvalue weighted by atomic mass is 35.5. The van der Waals surface area contributed by atoms with Crippen LogP contribution in [0.25, 0.3) is 11.0 Å². The van der Waals surface area contributed by atoms with Crippen LogP contribution in [0.15, 0.2) is 51.7 Å². The highest BCUT2D eigenvalue weighted by Gasteiger charge is 2.14. The largest absolute Gasteiger partial charge is 0.493 e. The van der Waals surface area contributed by atoms with Gasteiger partial charge >= 0.3 is 5.63 Å². The molecule has 3 rings (SSSR count). The van der Waals surface area contributed by atoms with E-state index in [1.807, 2.05) is 0 Å². The molecule has 22 heavy (non-hydrogen) atoms. The van der Waals surface area contributed by atoms with Gasteiger partial charge in [-0.25, -0.2) is 4.79 Å². The van der Waals surface area contributed by atoms with Gasteiger partial charge in [0.15, 0.2) is 17.1 Å². The molecule has 112 valence electrons. The summed E-state index contributed by atoms with van der Waals surface area (Å²) in [6, 6.07) is 11.5. The van der Waals surface area contributed by atoms with E-state index >= 15 is 0 Å². The molecule has 0 spiro atoms. The first kappa shape index (κ1) is 14.8. The van der Waals surface area contributed by atoms with Crippen LogP contribution in [0.4, 0.5) is 0 Å². The minimum absolute atomic E-state index is 0.278. The lowest BCUT2D eigenvalue weighted by molar-refractivity contribution is 0.405. The lowest BCUT2D eigenvalue weighted by Crippen LogP contribution is -2.00. The van der Waals surface area contributed by atoms with Crippen molar-refractivity contribution in [1.29, 1.82) is 0 Å². The zero-order chi connectivity index (χ0) is 15.7. The summed E-state index contributed by atoms with van der Waals surface area (Å²) in [5.74, 6) is 1.01. The Bertz CT molecular complexity index is 882. The standard InChI is InChI=1S/C16H10Cl2O4/c1-20-12-7-2-4-9-13(8-14(19)22-15(9)12)21-16-10(17)5-3-6-11(16)18/h2-8H,1H3. The Morgan fingerprint density at radius 2 is 1.68 bits per heavy atom. The minimum Gasteiger partial charge on any atom is -0.493 e. The van der Waals surface area contributed by atoms with Crippen molar-refractivity contribution in [2.75, 3.05) is 7.11 Å². The van der Waals surface area contributed by atoms with Gasteiger partial charge in [0.05, 0.1) is 28.6 Å². The fourth-order valence-corrected chi connectivity index (χ4v) is 2.54. The molecule has 0 aliphatic heterocycles. The molecule has 0 fully saturated rings. The summed E-state index contributed by atoms with van der Waals surface area (Å²) in [6.45, 7) is 0. The highest BCUT2D eigenvalue weighted by molar-refractivity contribution is 6.37. The molecule has 3 aromatic rings. The first-order valence-electron chi connectivity index (χ1n) is 6.33. The zero-order valence-electron chi connectivity index (χ0n) is 11.4. The topological polar surface area (TPSA) is 48.7 Å². The third-order valence-electron chi connectivity index (χ3n) is 3.05. The maximum atomic E-state index is 11.8. The van der Waals surface area contributed by atoms with Crippen LogP contribution >= 0.6 is 23.2 Å². The molecule has 2 aromatic carbocycles. The van der Waals surface area contributed by atoms with Crippen LogP contribution in [-0.2, 0) is 0 Å². The summed E-state index contributed by atoms with van der Waals surface area (Å²) in [5.41, 5.74) is -0.258. The average molecular weight is 337 g/mol. The smallest absolute Gasteiger partial charge is 0.340 e. The van der Waals surface area contributed by atoms with Crippen molar-refractivity contribution in [3.63, 3.8) is 0 Å². The van der Waals surface area contributed by atoms with E-state index in [1.165, 1.54) is 13.2 Å². The van der Waals surface area contributed by atoms with Crippen LogP contribution in [0.1, 0.15) is 0 Å². The molecule has 6 heteroatoms. The van der Waals surface area contributed by atoms with Crippen molar-refractivity contribution >= 4 is 34.2 Å². The van der Waals surface area contributed by atoms with Gasteiger partial charge in [-0.15, -0.1) is 0 Å². The number of halogens is 2. The van der Waals surface area contributed by atoms with E-state index in [-0.39, 0.29) is 5.75 Å². The Kier molecular flexibility index (Phi) is 3.96. The lowest BCUT2D eigenvalue weighted by Gasteiger charge is -2.11. The van der Waals surface area contributed by atoms with E-state index in [2.05, 4.69) is 0 Å². The Labute approximate surface area is 135 Å². The van der Waals surface area contributed by atoms with Crippen LogP contribution in [0, 0.1) is 0 Å². The van der Waals surface area contributed by atoms with Crippen molar-refractivity contribution in [1.82, 2.24) is 0 Å². The van der Waals surface area contributed by atoms with Crippen molar-refractivity contribution < 1.29 is 13.9 Å². The molecule has 0 N–H and O–H groups in total. The molecule has 1 heterocycles. The van der Waals surface area contributed by atoms with Crippen molar-refractivity contribution in [3.05, 3.63) is 62.9 Å². The second-order valence-corrected chi connectivity index (χ2v) is 5.23. The van der Waals surface area contributed by atoms with Crippen LogP contribution in [0.3, 0.4) is 0 Å². The molecular weight excluding hydrogens is 327 g/mol. The maximum absolute atomic E-state index is 11.8. The van der Waals surface area contributed by atoms with E-state index in [0.717, 1.165) is 0 Å². The molecule has 4 nitrogen and oxygen atoms in total. The predicted molar refractivity (Wildman–Crippen MR) is 85.6 cm³/mol. The summed E-state index contributed by atoms with van der Waals surface area (Å²) >= 11 is 12.2. The molecule has 0 saturated heterocycles. The van der Waals surface area contributed by atoms with E-state index in [1.54, 1.807) is 36.4 Å². The second-order valence-electron chi connectivity index (χ2n) is 4.42. The minimum atomic E-state index is -0.560. The first-order valence-corrected chi connectivity index (χ1v) is 7.08. The van der Waals surface area contributed by atoms with E-state index in [0.29, 0.717) is 32.5 Å². The SMILES string of the molecule is COc1cccc2c(Oc3c(Cl)cccc3Cl)cc(=O)oc12. The Balaban J connectivity index is 2.21. The van der Waals surface area contributed by atoms with Gasteiger partial charge in [0, 0.05) is 0 Å². The van der Waals surface area contributed by atoms with E-state index < -0.39 is 5.63 Å². The molecule has 0 saturated carbocycles. The summed E-state index contributed by atoms with van der Waals surface area (Å²) in [7, 11) is 1.49. The van der Waals surface area contributed by atoms with Gasteiger partial charge in [-0.05, 0) is 24.3 Å². The Hall–Kier alpha value is -2.17. The Morgan fingerprint density at radius 1 is 1.00 bits per heavy atom. The van der Waals surface area contributed by atoms with Gasteiger partial charge < -0.3 is 13.9 Å². The quantitative estimate of drug-likeness (QED) is 0.638. The maximum Gasteiger partial charge on any atom is 0.340 e. The molecule has 0 aliphatic carbocycles. The molecular formula is C16H10Cl2O4. The molecule has 0 bridgehead atoms. The van der Waals surface area contributed by atoms with Crippen molar-refractivity contribution in [2.24, 2.45) is 0 Å². The number of fused-ring (bicyclic) bond motifs is 1. The molecule has 0 radical (unpaired) electrons. The summed E-state index contributed by atoms with van der Waals surface area (Å²) < 4.78 is 16.1. The lowest BCUT2D eigenvalue weighted by atomic mass is 10.2. The van der Waals surface area contributed by atoms with Gasteiger partial charge in [0.1, 0.15) is 5.75 Å². The normalized spacial score (nSPS) is 10.7. The van der Waals surface area contributed by atoms with Crippen LogP contribution < -0.4 is 15.1 Å². The third kappa shape index (κ3) is 2.63.